The van der Waals surface area contributed by atoms with Crippen LogP contribution in [0.25, 0.3) is 0 Å². The first-order chi connectivity index (χ1) is 9.65. The van der Waals surface area contributed by atoms with Crippen LogP contribution >= 0.6 is 0 Å². The van der Waals surface area contributed by atoms with E-state index in [2.05, 4.69) is 18.7 Å². The summed E-state index contributed by atoms with van der Waals surface area (Å²) in [6, 6.07) is 7.31. The zero-order chi connectivity index (χ0) is 14.5. The summed E-state index contributed by atoms with van der Waals surface area (Å²) in [4.78, 5) is 2.14. The molecule has 0 aromatic heterocycles. The normalized spacial score (nSPS) is 26.5. The summed E-state index contributed by atoms with van der Waals surface area (Å²) < 4.78 is 13.9. The largest absolute Gasteiger partial charge is 0.369 e. The van der Waals surface area contributed by atoms with Crippen molar-refractivity contribution < 1.29 is 4.39 Å². The number of rotatable bonds is 5. The second kappa shape index (κ2) is 7.07. The molecule has 2 N–H and O–H groups in total. The Hall–Kier alpha value is -1.09. The van der Waals surface area contributed by atoms with Crippen molar-refractivity contribution >= 4 is 5.69 Å². The van der Waals surface area contributed by atoms with E-state index in [-0.39, 0.29) is 11.9 Å². The van der Waals surface area contributed by atoms with E-state index in [1.807, 2.05) is 12.1 Å². The molecular weight excluding hydrogens is 251 g/mol. The molecule has 0 aliphatic heterocycles. The summed E-state index contributed by atoms with van der Waals surface area (Å²) in [6.07, 6.45) is 4.77. The zero-order valence-electron chi connectivity index (χ0n) is 12.7. The van der Waals surface area contributed by atoms with Crippen LogP contribution in [0, 0.1) is 17.7 Å². The minimum absolute atomic E-state index is 0.134. The second-order valence-electron chi connectivity index (χ2n) is 6.00. The SMILES string of the molecule is CCC1CCC(N)C(CN(CC)c2ccccc2F)C1. The van der Waals surface area contributed by atoms with Crippen LogP contribution in [0.4, 0.5) is 10.1 Å². The van der Waals surface area contributed by atoms with Gasteiger partial charge >= 0.3 is 0 Å². The van der Waals surface area contributed by atoms with Crippen LogP contribution in [0.2, 0.25) is 0 Å². The fourth-order valence-corrected chi connectivity index (χ4v) is 3.35. The minimum Gasteiger partial charge on any atom is -0.369 e. The molecule has 3 heteroatoms. The van der Waals surface area contributed by atoms with Gasteiger partial charge in [0.05, 0.1) is 5.69 Å². The highest BCUT2D eigenvalue weighted by Crippen LogP contribution is 2.32. The maximum absolute atomic E-state index is 13.9. The van der Waals surface area contributed by atoms with Crippen molar-refractivity contribution in [2.45, 2.75) is 45.6 Å². The summed E-state index contributed by atoms with van der Waals surface area (Å²) in [5.74, 6) is 1.14. The molecule has 1 aromatic rings. The lowest BCUT2D eigenvalue weighted by molar-refractivity contribution is 0.230. The third-order valence-electron chi connectivity index (χ3n) is 4.76. The van der Waals surface area contributed by atoms with Gasteiger partial charge in [-0.15, -0.1) is 0 Å². The molecule has 2 rings (SSSR count). The fraction of sp³-hybridized carbons (Fsp3) is 0.647. The smallest absolute Gasteiger partial charge is 0.146 e. The maximum Gasteiger partial charge on any atom is 0.146 e. The van der Waals surface area contributed by atoms with Crippen molar-refractivity contribution in [1.82, 2.24) is 0 Å². The van der Waals surface area contributed by atoms with Crippen molar-refractivity contribution in [2.75, 3.05) is 18.0 Å². The molecule has 0 saturated heterocycles. The van der Waals surface area contributed by atoms with E-state index in [1.165, 1.54) is 25.3 Å². The molecule has 1 aliphatic carbocycles. The van der Waals surface area contributed by atoms with Crippen LogP contribution in [0.5, 0.6) is 0 Å². The van der Waals surface area contributed by atoms with E-state index in [0.717, 1.165) is 25.4 Å². The van der Waals surface area contributed by atoms with Crippen molar-refractivity contribution in [3.8, 4) is 0 Å². The molecule has 1 saturated carbocycles. The molecule has 3 unspecified atom stereocenters. The molecule has 0 amide bonds. The quantitative estimate of drug-likeness (QED) is 0.887. The summed E-state index contributed by atoms with van der Waals surface area (Å²) >= 11 is 0. The van der Waals surface area contributed by atoms with Gasteiger partial charge in [-0.05, 0) is 50.2 Å². The van der Waals surface area contributed by atoms with Crippen LogP contribution < -0.4 is 10.6 Å². The molecule has 0 radical (unpaired) electrons. The number of benzene rings is 1. The van der Waals surface area contributed by atoms with Crippen molar-refractivity contribution in [1.29, 1.82) is 0 Å². The lowest BCUT2D eigenvalue weighted by atomic mass is 9.77. The standard InChI is InChI=1S/C17H27FN2/c1-3-13-9-10-16(19)14(11-13)12-20(4-2)17-8-6-5-7-15(17)18/h5-8,13-14,16H,3-4,9-12,19H2,1-2H3. The number of para-hydroxylation sites is 1. The number of anilines is 1. The first-order valence-electron chi connectivity index (χ1n) is 7.90. The van der Waals surface area contributed by atoms with Crippen LogP contribution in [0.15, 0.2) is 24.3 Å². The van der Waals surface area contributed by atoms with Crippen molar-refractivity contribution in [2.24, 2.45) is 17.6 Å². The monoisotopic (exact) mass is 278 g/mol. The Balaban J connectivity index is 2.07. The Labute approximate surface area is 122 Å². The van der Waals surface area contributed by atoms with E-state index in [9.17, 15) is 4.39 Å². The van der Waals surface area contributed by atoms with E-state index in [0.29, 0.717) is 11.6 Å². The Morgan fingerprint density at radius 2 is 2.00 bits per heavy atom. The van der Waals surface area contributed by atoms with Gasteiger partial charge in [-0.25, -0.2) is 4.39 Å². The first-order valence-corrected chi connectivity index (χ1v) is 7.90. The number of halogens is 1. The fourth-order valence-electron chi connectivity index (χ4n) is 3.35. The van der Waals surface area contributed by atoms with Crippen LogP contribution in [0.3, 0.4) is 0 Å². The molecule has 1 aromatic carbocycles. The number of hydrogen-bond acceptors (Lipinski definition) is 2. The molecule has 0 spiro atoms. The van der Waals surface area contributed by atoms with Gasteiger partial charge < -0.3 is 10.6 Å². The predicted octanol–water partition coefficient (Wildman–Crippen LogP) is 3.81. The van der Waals surface area contributed by atoms with E-state index in [1.54, 1.807) is 6.07 Å². The highest BCUT2D eigenvalue weighted by molar-refractivity contribution is 5.47. The average molecular weight is 278 g/mol. The topological polar surface area (TPSA) is 29.3 Å². The summed E-state index contributed by atoms with van der Waals surface area (Å²) in [6.45, 7) is 6.03. The van der Waals surface area contributed by atoms with E-state index in [4.69, 9.17) is 5.73 Å². The van der Waals surface area contributed by atoms with Crippen molar-refractivity contribution in [3.63, 3.8) is 0 Å². The molecular formula is C17H27FN2. The molecule has 0 heterocycles. The minimum atomic E-state index is -0.134. The van der Waals surface area contributed by atoms with Gasteiger partial charge in [-0.1, -0.05) is 25.5 Å². The Morgan fingerprint density at radius 1 is 1.25 bits per heavy atom. The molecule has 1 fully saturated rings. The summed E-state index contributed by atoms with van der Waals surface area (Å²) in [7, 11) is 0. The third-order valence-corrected chi connectivity index (χ3v) is 4.76. The van der Waals surface area contributed by atoms with Gasteiger partial charge in [0.1, 0.15) is 5.82 Å². The third kappa shape index (κ3) is 3.51. The van der Waals surface area contributed by atoms with Crippen LogP contribution in [0.1, 0.15) is 39.5 Å². The molecule has 3 atom stereocenters. The van der Waals surface area contributed by atoms with Gasteiger partial charge in [-0.3, -0.25) is 0 Å². The van der Waals surface area contributed by atoms with Gasteiger partial charge in [0, 0.05) is 19.1 Å². The summed E-state index contributed by atoms with van der Waals surface area (Å²) in [5.41, 5.74) is 7.00. The highest BCUT2D eigenvalue weighted by atomic mass is 19.1. The predicted molar refractivity (Wildman–Crippen MR) is 83.4 cm³/mol. The molecule has 1 aliphatic rings. The van der Waals surface area contributed by atoms with Crippen LogP contribution in [-0.2, 0) is 0 Å². The Bertz CT molecular complexity index is 421. The van der Waals surface area contributed by atoms with Gasteiger partial charge in [0.2, 0.25) is 0 Å². The number of nitrogens with zero attached hydrogens (tertiary/aromatic N) is 1. The number of nitrogens with two attached hydrogens (primary N) is 1. The van der Waals surface area contributed by atoms with Gasteiger partial charge in [-0.2, -0.15) is 0 Å². The molecule has 2 nitrogen and oxygen atoms in total. The lowest BCUT2D eigenvalue weighted by Gasteiger charge is -2.37. The Morgan fingerprint density at radius 3 is 2.65 bits per heavy atom. The molecule has 0 bridgehead atoms. The summed E-state index contributed by atoms with van der Waals surface area (Å²) in [5, 5.41) is 0. The Kier molecular flexibility index (Phi) is 5.41. The van der Waals surface area contributed by atoms with Gasteiger partial charge in [0.15, 0.2) is 0 Å². The van der Waals surface area contributed by atoms with Crippen molar-refractivity contribution in [3.05, 3.63) is 30.1 Å². The highest BCUT2D eigenvalue weighted by Gasteiger charge is 2.29. The lowest BCUT2D eigenvalue weighted by Crippen LogP contribution is -2.43. The average Bonchev–Trinajstić information content (AvgIpc) is 2.47. The zero-order valence-corrected chi connectivity index (χ0v) is 12.7. The number of hydrogen-bond donors (Lipinski definition) is 1. The maximum atomic E-state index is 13.9. The van der Waals surface area contributed by atoms with Gasteiger partial charge in [0.25, 0.3) is 0 Å². The first kappa shape index (κ1) is 15.3. The van der Waals surface area contributed by atoms with Crippen LogP contribution in [-0.4, -0.2) is 19.1 Å². The van der Waals surface area contributed by atoms with E-state index < -0.39 is 0 Å². The van der Waals surface area contributed by atoms with E-state index >= 15 is 0 Å². The molecule has 20 heavy (non-hydrogen) atoms. The second-order valence-corrected chi connectivity index (χ2v) is 6.00. The molecule has 112 valence electrons.